The number of hydrogen-bond acceptors (Lipinski definition) is 6. The van der Waals surface area contributed by atoms with Gasteiger partial charge in [0.25, 0.3) is 0 Å². The standard InChI is InChI=1S/C55H106O6/c1-5-7-9-11-13-15-17-19-21-22-23-25-27-29-31-35-39-43-47-54(57)60-50-52(61-55(58)48-44-40-36-32-33-37-41-45-51(3)4)49-59-53(56)46-42-38-34-30-28-26-24-20-18-16-14-12-10-8-6-2/h51-52H,5-50H2,1-4H3/t52-/m0/s1. The van der Waals surface area contributed by atoms with Crippen molar-refractivity contribution in [3.8, 4) is 0 Å². The third-order valence-corrected chi connectivity index (χ3v) is 12.5. The van der Waals surface area contributed by atoms with Crippen molar-refractivity contribution >= 4 is 17.9 Å². The van der Waals surface area contributed by atoms with Crippen LogP contribution in [0.2, 0.25) is 0 Å². The lowest BCUT2D eigenvalue weighted by molar-refractivity contribution is -0.167. The Kier molecular flexibility index (Phi) is 48.1. The number of hydrogen-bond donors (Lipinski definition) is 0. The van der Waals surface area contributed by atoms with E-state index in [1.54, 1.807) is 0 Å². The molecule has 0 amide bonds. The van der Waals surface area contributed by atoms with Gasteiger partial charge in [-0.25, -0.2) is 0 Å². The van der Waals surface area contributed by atoms with Crippen LogP contribution >= 0.6 is 0 Å². The van der Waals surface area contributed by atoms with Crippen molar-refractivity contribution in [1.82, 2.24) is 0 Å². The van der Waals surface area contributed by atoms with Gasteiger partial charge in [0.15, 0.2) is 6.10 Å². The number of carbonyl (C=O) groups is 3. The van der Waals surface area contributed by atoms with E-state index in [1.165, 1.54) is 205 Å². The summed E-state index contributed by atoms with van der Waals surface area (Å²) in [7, 11) is 0. The molecule has 0 saturated heterocycles. The molecule has 362 valence electrons. The van der Waals surface area contributed by atoms with Gasteiger partial charge in [0, 0.05) is 19.3 Å². The normalized spacial score (nSPS) is 12.0. The van der Waals surface area contributed by atoms with Crippen molar-refractivity contribution < 1.29 is 28.6 Å². The maximum Gasteiger partial charge on any atom is 0.306 e. The Morgan fingerprint density at radius 3 is 0.803 bits per heavy atom. The molecule has 0 aromatic carbocycles. The van der Waals surface area contributed by atoms with Crippen molar-refractivity contribution in [3.63, 3.8) is 0 Å². The van der Waals surface area contributed by atoms with Crippen molar-refractivity contribution in [2.45, 2.75) is 316 Å². The summed E-state index contributed by atoms with van der Waals surface area (Å²) in [4.78, 5) is 38.0. The van der Waals surface area contributed by atoms with Crippen LogP contribution in [0.3, 0.4) is 0 Å². The van der Waals surface area contributed by atoms with Crippen LogP contribution in [0.25, 0.3) is 0 Å². The van der Waals surface area contributed by atoms with Crippen LogP contribution in [0.1, 0.15) is 310 Å². The van der Waals surface area contributed by atoms with Crippen LogP contribution in [0.15, 0.2) is 0 Å². The Bertz CT molecular complexity index is 918. The second kappa shape index (κ2) is 49.4. The van der Waals surface area contributed by atoms with Crippen LogP contribution in [0, 0.1) is 5.92 Å². The van der Waals surface area contributed by atoms with E-state index in [9.17, 15) is 14.4 Å². The number of esters is 3. The van der Waals surface area contributed by atoms with Gasteiger partial charge in [0.2, 0.25) is 0 Å². The zero-order valence-electron chi connectivity index (χ0n) is 41.6. The Balaban J connectivity index is 4.23. The van der Waals surface area contributed by atoms with E-state index in [1.807, 2.05) is 0 Å². The second-order valence-electron chi connectivity index (χ2n) is 19.3. The van der Waals surface area contributed by atoms with Crippen LogP contribution in [-0.2, 0) is 28.6 Å². The van der Waals surface area contributed by atoms with Gasteiger partial charge < -0.3 is 14.2 Å². The first-order valence-corrected chi connectivity index (χ1v) is 27.4. The zero-order valence-corrected chi connectivity index (χ0v) is 41.6. The third-order valence-electron chi connectivity index (χ3n) is 12.5. The lowest BCUT2D eigenvalue weighted by atomic mass is 10.0. The molecule has 0 bridgehead atoms. The molecule has 1 atom stereocenters. The van der Waals surface area contributed by atoms with Gasteiger partial charge in [-0.15, -0.1) is 0 Å². The summed E-state index contributed by atoms with van der Waals surface area (Å²) < 4.78 is 16.8. The average molecular weight is 863 g/mol. The average Bonchev–Trinajstić information content (AvgIpc) is 3.24. The van der Waals surface area contributed by atoms with Crippen molar-refractivity contribution in [1.29, 1.82) is 0 Å². The smallest absolute Gasteiger partial charge is 0.306 e. The Labute approximate surface area is 380 Å². The molecule has 0 rings (SSSR count). The first-order chi connectivity index (χ1) is 29.9. The summed E-state index contributed by atoms with van der Waals surface area (Å²) in [5, 5.41) is 0. The monoisotopic (exact) mass is 863 g/mol. The largest absolute Gasteiger partial charge is 0.462 e. The molecule has 0 unspecified atom stereocenters. The summed E-state index contributed by atoms with van der Waals surface area (Å²) in [6.45, 7) is 8.99. The molecule has 0 aliphatic heterocycles. The fourth-order valence-electron chi connectivity index (χ4n) is 8.39. The lowest BCUT2D eigenvalue weighted by Crippen LogP contribution is -2.30. The minimum absolute atomic E-state index is 0.0633. The van der Waals surface area contributed by atoms with E-state index in [2.05, 4.69) is 27.7 Å². The highest BCUT2D eigenvalue weighted by molar-refractivity contribution is 5.71. The van der Waals surface area contributed by atoms with Crippen LogP contribution in [-0.4, -0.2) is 37.2 Å². The van der Waals surface area contributed by atoms with Crippen molar-refractivity contribution in [2.24, 2.45) is 5.92 Å². The third kappa shape index (κ3) is 49.3. The number of ether oxygens (including phenoxy) is 3. The molecule has 0 heterocycles. The molecular formula is C55H106O6. The predicted molar refractivity (Wildman–Crippen MR) is 261 cm³/mol. The van der Waals surface area contributed by atoms with Crippen LogP contribution in [0.5, 0.6) is 0 Å². The molecule has 0 saturated carbocycles. The van der Waals surface area contributed by atoms with Gasteiger partial charge in [-0.3, -0.25) is 14.4 Å². The van der Waals surface area contributed by atoms with E-state index < -0.39 is 6.10 Å². The molecular weight excluding hydrogens is 757 g/mol. The fraction of sp³-hybridized carbons (Fsp3) is 0.945. The van der Waals surface area contributed by atoms with Crippen LogP contribution < -0.4 is 0 Å². The molecule has 0 spiro atoms. The van der Waals surface area contributed by atoms with Crippen molar-refractivity contribution in [3.05, 3.63) is 0 Å². The highest BCUT2D eigenvalue weighted by atomic mass is 16.6. The van der Waals surface area contributed by atoms with Gasteiger partial charge in [-0.1, -0.05) is 272 Å². The fourth-order valence-corrected chi connectivity index (χ4v) is 8.39. The molecule has 6 nitrogen and oxygen atoms in total. The maximum atomic E-state index is 12.8. The number of rotatable bonds is 50. The minimum Gasteiger partial charge on any atom is -0.462 e. The SMILES string of the molecule is CCCCCCCCCCCCCCCCCCCCC(=O)OC[C@H](COC(=O)CCCCCCCCCCCCCCCCC)OC(=O)CCCCCCCCCC(C)C. The molecule has 0 fully saturated rings. The lowest BCUT2D eigenvalue weighted by Gasteiger charge is -2.18. The molecule has 0 N–H and O–H groups in total. The maximum absolute atomic E-state index is 12.8. The summed E-state index contributed by atoms with van der Waals surface area (Å²) in [6.07, 6.45) is 52.4. The summed E-state index contributed by atoms with van der Waals surface area (Å²) >= 11 is 0. The van der Waals surface area contributed by atoms with Gasteiger partial charge in [0.1, 0.15) is 13.2 Å². The summed E-state index contributed by atoms with van der Waals surface area (Å²) in [6, 6.07) is 0. The van der Waals surface area contributed by atoms with Crippen LogP contribution in [0.4, 0.5) is 0 Å². The van der Waals surface area contributed by atoms with E-state index >= 15 is 0 Å². The Morgan fingerprint density at radius 1 is 0.311 bits per heavy atom. The van der Waals surface area contributed by atoms with E-state index in [0.717, 1.165) is 63.7 Å². The number of carbonyl (C=O) groups excluding carboxylic acids is 3. The molecule has 6 heteroatoms. The van der Waals surface area contributed by atoms with Crippen molar-refractivity contribution in [2.75, 3.05) is 13.2 Å². The number of unbranched alkanes of at least 4 members (excludes halogenated alkanes) is 37. The van der Waals surface area contributed by atoms with E-state index in [-0.39, 0.29) is 31.1 Å². The first kappa shape index (κ1) is 59.4. The van der Waals surface area contributed by atoms with Gasteiger partial charge >= 0.3 is 17.9 Å². The predicted octanol–water partition coefficient (Wildman–Crippen LogP) is 17.8. The van der Waals surface area contributed by atoms with Gasteiger partial charge in [-0.05, 0) is 25.2 Å². The van der Waals surface area contributed by atoms with Gasteiger partial charge in [0.05, 0.1) is 0 Å². The zero-order chi connectivity index (χ0) is 44.5. The first-order valence-electron chi connectivity index (χ1n) is 27.4. The molecule has 0 aromatic heterocycles. The summed E-state index contributed by atoms with van der Waals surface area (Å²) in [5.41, 5.74) is 0. The topological polar surface area (TPSA) is 78.9 Å². The van der Waals surface area contributed by atoms with E-state index in [0.29, 0.717) is 19.3 Å². The molecule has 0 aromatic rings. The highest BCUT2D eigenvalue weighted by Crippen LogP contribution is 2.17. The van der Waals surface area contributed by atoms with E-state index in [4.69, 9.17) is 14.2 Å². The molecule has 0 radical (unpaired) electrons. The Morgan fingerprint density at radius 2 is 0.541 bits per heavy atom. The molecule has 61 heavy (non-hydrogen) atoms. The summed E-state index contributed by atoms with van der Waals surface area (Å²) in [5.74, 6) is -0.0663. The highest BCUT2D eigenvalue weighted by Gasteiger charge is 2.19. The molecule has 0 aliphatic rings. The molecule has 0 aliphatic carbocycles. The Hall–Kier alpha value is -1.59. The quantitative estimate of drug-likeness (QED) is 0.0344. The van der Waals surface area contributed by atoms with Gasteiger partial charge in [-0.2, -0.15) is 0 Å². The minimum atomic E-state index is -0.761. The second-order valence-corrected chi connectivity index (χ2v) is 19.3.